The molecule has 3 N–H and O–H groups in total. The van der Waals surface area contributed by atoms with E-state index in [1.165, 1.54) is 173 Å². The van der Waals surface area contributed by atoms with Gasteiger partial charge in [0, 0.05) is 25.7 Å². The SMILES string of the molecule is CCCCCC/C=C\C=C/CCCCCCCC(=O)O[C@H](COC(=O)CCCCCCCCCCCCCCC(C)C)COP(=O)(O)OC[C@@H](O)COP(=O)(O)OC[C@@H](COC(=O)CCCCCCCCC(C)CC)OC(=O)CCCCCCCCCCCCCCCCCC(C)C. The fourth-order valence-corrected chi connectivity index (χ4v) is 13.1. The number of allylic oxidation sites excluding steroid dienone is 4. The summed E-state index contributed by atoms with van der Waals surface area (Å²) in [5, 5.41) is 10.6. The third-order valence-electron chi connectivity index (χ3n) is 18.1. The summed E-state index contributed by atoms with van der Waals surface area (Å²) in [6, 6.07) is 0. The van der Waals surface area contributed by atoms with Gasteiger partial charge >= 0.3 is 39.5 Å². The van der Waals surface area contributed by atoms with Gasteiger partial charge in [-0.15, -0.1) is 0 Å². The normalized spacial score (nSPS) is 14.4. The van der Waals surface area contributed by atoms with Gasteiger partial charge in [-0.1, -0.05) is 330 Å². The Balaban J connectivity index is 5.28. The number of carbonyl (C=O) groups is 4. The van der Waals surface area contributed by atoms with Crippen molar-refractivity contribution < 1.29 is 80.2 Å². The number of rotatable bonds is 75. The molecule has 0 aromatic carbocycles. The molecule has 98 heavy (non-hydrogen) atoms. The smallest absolute Gasteiger partial charge is 0.462 e. The standard InChI is InChI=1S/C79H150O17P2/c1-8-10-11-12-13-14-15-16-18-22-29-34-39-48-55-62-78(83)95-74(66-89-76(81)60-53-46-38-33-28-25-24-27-32-37-44-51-58-71(5)6)68-93-97(85,86)91-64-73(80)65-92-98(87,88)94-69-75(67-90-77(82)61-54-47-42-41-45-52-59-72(7)9-2)96-79(84)63-56-49-40-35-30-23-20-17-19-21-26-31-36-43-50-57-70(3)4/h14-16,18,70-75,80H,8-13,17,19-69H2,1-7H3,(H,85,86)(H,87,88)/b15-14-,18-16-/t72?,73-,74-,75-/m1/s1. The molecule has 3 unspecified atom stereocenters. The molecule has 0 saturated heterocycles. The van der Waals surface area contributed by atoms with Gasteiger partial charge in [0.2, 0.25) is 0 Å². The maximum Gasteiger partial charge on any atom is 0.472 e. The van der Waals surface area contributed by atoms with E-state index in [1.807, 2.05) is 0 Å². The second-order valence-electron chi connectivity index (χ2n) is 29.0. The van der Waals surface area contributed by atoms with E-state index in [0.717, 1.165) is 127 Å². The van der Waals surface area contributed by atoms with Crippen molar-refractivity contribution in [2.24, 2.45) is 17.8 Å². The predicted molar refractivity (Wildman–Crippen MR) is 400 cm³/mol. The van der Waals surface area contributed by atoms with Crippen LogP contribution < -0.4 is 0 Å². The molecule has 0 heterocycles. The highest BCUT2D eigenvalue weighted by Gasteiger charge is 2.30. The average Bonchev–Trinajstić information content (AvgIpc) is 0.980. The van der Waals surface area contributed by atoms with Crippen molar-refractivity contribution in [3.63, 3.8) is 0 Å². The first-order chi connectivity index (χ1) is 47.3. The summed E-state index contributed by atoms with van der Waals surface area (Å²) < 4.78 is 68.6. The van der Waals surface area contributed by atoms with Gasteiger partial charge in [-0.3, -0.25) is 37.3 Å². The minimum absolute atomic E-state index is 0.0848. The average molecular weight is 1430 g/mol. The van der Waals surface area contributed by atoms with Crippen LogP contribution in [0.15, 0.2) is 24.3 Å². The van der Waals surface area contributed by atoms with Crippen LogP contribution in [-0.2, 0) is 65.4 Å². The van der Waals surface area contributed by atoms with Gasteiger partial charge < -0.3 is 33.8 Å². The molecule has 0 aliphatic carbocycles. The third kappa shape index (κ3) is 70.6. The van der Waals surface area contributed by atoms with Crippen molar-refractivity contribution in [1.82, 2.24) is 0 Å². The Hall–Kier alpha value is -2.46. The van der Waals surface area contributed by atoms with Crippen LogP contribution >= 0.6 is 15.6 Å². The molecule has 6 atom stereocenters. The molecule has 0 aliphatic heterocycles. The molecule has 578 valence electrons. The molecule has 0 rings (SSSR count). The van der Waals surface area contributed by atoms with E-state index in [-0.39, 0.29) is 25.7 Å². The number of phosphoric ester groups is 2. The molecule has 0 saturated carbocycles. The number of carbonyl (C=O) groups excluding carboxylic acids is 4. The van der Waals surface area contributed by atoms with Crippen molar-refractivity contribution in [2.45, 2.75) is 401 Å². The first kappa shape index (κ1) is 95.5. The van der Waals surface area contributed by atoms with Crippen LogP contribution in [0, 0.1) is 17.8 Å². The Labute approximate surface area is 599 Å². The number of aliphatic hydroxyl groups is 1. The van der Waals surface area contributed by atoms with Crippen LogP contribution in [0.3, 0.4) is 0 Å². The number of ether oxygens (including phenoxy) is 4. The van der Waals surface area contributed by atoms with Crippen LogP contribution in [0.5, 0.6) is 0 Å². The van der Waals surface area contributed by atoms with E-state index < -0.39 is 97.5 Å². The summed E-state index contributed by atoms with van der Waals surface area (Å²) in [6.07, 6.45) is 59.1. The summed E-state index contributed by atoms with van der Waals surface area (Å²) in [4.78, 5) is 72.9. The van der Waals surface area contributed by atoms with Crippen molar-refractivity contribution in [3.8, 4) is 0 Å². The van der Waals surface area contributed by atoms with Crippen LogP contribution in [0.1, 0.15) is 382 Å². The molecule has 0 radical (unpaired) electrons. The van der Waals surface area contributed by atoms with Gasteiger partial charge in [0.15, 0.2) is 12.2 Å². The summed E-state index contributed by atoms with van der Waals surface area (Å²) in [7, 11) is -9.93. The second kappa shape index (κ2) is 68.9. The van der Waals surface area contributed by atoms with E-state index in [0.29, 0.717) is 25.7 Å². The van der Waals surface area contributed by atoms with E-state index in [2.05, 4.69) is 72.8 Å². The Morgan fingerprint density at radius 1 is 0.337 bits per heavy atom. The maximum absolute atomic E-state index is 13.1. The molecule has 0 amide bonds. The number of unbranched alkanes of at least 4 members (excludes halogenated alkanes) is 39. The van der Waals surface area contributed by atoms with Gasteiger partial charge in [-0.25, -0.2) is 9.13 Å². The van der Waals surface area contributed by atoms with Gasteiger partial charge in [-0.2, -0.15) is 0 Å². The molecule has 0 spiro atoms. The van der Waals surface area contributed by atoms with Crippen LogP contribution in [0.4, 0.5) is 0 Å². The molecular weight excluding hydrogens is 1280 g/mol. The zero-order valence-corrected chi connectivity index (χ0v) is 65.5. The zero-order valence-electron chi connectivity index (χ0n) is 63.7. The molecule has 19 heteroatoms. The van der Waals surface area contributed by atoms with Gasteiger partial charge in [0.05, 0.1) is 26.4 Å². The summed E-state index contributed by atoms with van der Waals surface area (Å²) in [6.45, 7) is 11.8. The topological polar surface area (TPSA) is 237 Å². The summed E-state index contributed by atoms with van der Waals surface area (Å²) in [5.41, 5.74) is 0. The van der Waals surface area contributed by atoms with Crippen molar-refractivity contribution in [2.75, 3.05) is 39.6 Å². The van der Waals surface area contributed by atoms with Crippen LogP contribution in [0.2, 0.25) is 0 Å². The summed E-state index contributed by atoms with van der Waals surface area (Å²) >= 11 is 0. The first-order valence-corrected chi connectivity index (χ1v) is 43.2. The molecule has 0 aromatic heterocycles. The van der Waals surface area contributed by atoms with Gasteiger partial charge in [0.25, 0.3) is 0 Å². The van der Waals surface area contributed by atoms with Crippen molar-refractivity contribution in [1.29, 1.82) is 0 Å². The van der Waals surface area contributed by atoms with E-state index >= 15 is 0 Å². The largest absolute Gasteiger partial charge is 0.472 e. The Bertz CT molecular complexity index is 2000. The number of hydrogen-bond acceptors (Lipinski definition) is 15. The third-order valence-corrected chi connectivity index (χ3v) is 20.0. The lowest BCUT2D eigenvalue weighted by Crippen LogP contribution is -2.30. The molecule has 0 fully saturated rings. The summed E-state index contributed by atoms with van der Waals surface area (Å²) in [5.74, 6) is 0.165. The number of phosphoric acid groups is 2. The quantitative estimate of drug-likeness (QED) is 0.0169. The highest BCUT2D eigenvalue weighted by Crippen LogP contribution is 2.45. The Kier molecular flexibility index (Phi) is 67.2. The lowest BCUT2D eigenvalue weighted by molar-refractivity contribution is -0.161. The van der Waals surface area contributed by atoms with E-state index in [1.54, 1.807) is 0 Å². The van der Waals surface area contributed by atoms with Crippen molar-refractivity contribution >= 4 is 39.5 Å². The lowest BCUT2D eigenvalue weighted by atomic mass is 10.00. The highest BCUT2D eigenvalue weighted by molar-refractivity contribution is 7.47. The Morgan fingerprint density at radius 2 is 0.602 bits per heavy atom. The molecule has 0 bridgehead atoms. The molecular formula is C79H150O17P2. The van der Waals surface area contributed by atoms with E-state index in [9.17, 15) is 43.2 Å². The highest BCUT2D eigenvalue weighted by atomic mass is 31.2. The van der Waals surface area contributed by atoms with Crippen LogP contribution in [-0.4, -0.2) is 96.7 Å². The van der Waals surface area contributed by atoms with E-state index in [4.69, 9.17) is 37.0 Å². The maximum atomic E-state index is 13.1. The van der Waals surface area contributed by atoms with Gasteiger partial charge in [-0.05, 0) is 69.1 Å². The molecule has 0 aliphatic rings. The lowest BCUT2D eigenvalue weighted by Gasteiger charge is -2.21. The second-order valence-corrected chi connectivity index (χ2v) is 31.9. The minimum atomic E-state index is -4.97. The number of hydrogen-bond donors (Lipinski definition) is 3. The molecule has 17 nitrogen and oxygen atoms in total. The zero-order chi connectivity index (χ0) is 72.3. The molecule has 0 aromatic rings. The fraction of sp³-hybridized carbons (Fsp3) is 0.899. The number of aliphatic hydroxyl groups excluding tert-OH is 1. The minimum Gasteiger partial charge on any atom is -0.462 e. The van der Waals surface area contributed by atoms with Crippen molar-refractivity contribution in [3.05, 3.63) is 24.3 Å². The first-order valence-electron chi connectivity index (χ1n) is 40.2. The van der Waals surface area contributed by atoms with Crippen LogP contribution in [0.25, 0.3) is 0 Å². The van der Waals surface area contributed by atoms with Gasteiger partial charge in [0.1, 0.15) is 19.3 Å². The monoisotopic (exact) mass is 1430 g/mol. The fourth-order valence-electron chi connectivity index (χ4n) is 11.6. The Morgan fingerprint density at radius 3 is 0.908 bits per heavy atom. The number of esters is 4. The predicted octanol–water partition coefficient (Wildman–Crippen LogP) is 22.9.